The molecule has 0 saturated heterocycles. The van der Waals surface area contributed by atoms with Crippen molar-refractivity contribution in [1.82, 2.24) is 4.90 Å². The predicted molar refractivity (Wildman–Crippen MR) is 114 cm³/mol. The Kier molecular flexibility index (Phi) is 6.89. The van der Waals surface area contributed by atoms with Crippen LogP contribution in [0.3, 0.4) is 0 Å². The maximum Gasteiger partial charge on any atom is 0.271 e. The third-order valence-corrected chi connectivity index (χ3v) is 5.03. The maximum absolute atomic E-state index is 12.6. The summed E-state index contributed by atoms with van der Waals surface area (Å²) in [5.74, 6) is 1.28. The number of nitro benzene ring substituents is 1. The summed E-state index contributed by atoms with van der Waals surface area (Å²) in [4.78, 5) is 25.1. The quantitative estimate of drug-likeness (QED) is 0.524. The van der Waals surface area contributed by atoms with Crippen molar-refractivity contribution in [2.45, 2.75) is 33.7 Å². The van der Waals surface area contributed by atoms with Gasteiger partial charge in [-0.1, -0.05) is 6.07 Å². The number of fused-ring (bicyclic) bond motifs is 1. The topological polar surface area (TPSA) is 93.9 Å². The Bertz CT molecular complexity index is 945. The number of rotatable bonds is 8. The molecule has 2 aromatic carbocycles. The van der Waals surface area contributed by atoms with Crippen LogP contribution in [0.1, 0.15) is 30.5 Å². The molecule has 30 heavy (non-hydrogen) atoms. The van der Waals surface area contributed by atoms with Crippen molar-refractivity contribution in [3.8, 4) is 11.5 Å². The molecule has 1 aliphatic rings. The van der Waals surface area contributed by atoms with Crippen LogP contribution in [0.5, 0.6) is 11.5 Å². The molecule has 8 heteroatoms. The van der Waals surface area contributed by atoms with Gasteiger partial charge in [-0.05, 0) is 56.0 Å². The average molecular weight is 413 g/mol. The van der Waals surface area contributed by atoms with Gasteiger partial charge in [0.1, 0.15) is 0 Å². The number of nitro groups is 1. The standard InChI is InChI=1S/C22H27N3O5/c1-4-29-20-10-16-8-9-24(13-17(16)11-21(20)30-5-2)14-22(26)23-19-12-18(25(27)28)7-6-15(19)3/h6-7,10-12H,4-5,8-9,13-14H2,1-3H3,(H,23,26). The number of aryl methyl sites for hydroxylation is 1. The van der Waals surface area contributed by atoms with Crippen molar-refractivity contribution in [3.05, 3.63) is 57.1 Å². The number of carbonyl (C=O) groups excluding carboxylic acids is 1. The summed E-state index contributed by atoms with van der Waals surface area (Å²) in [5, 5.41) is 13.8. The molecule has 0 spiro atoms. The lowest BCUT2D eigenvalue weighted by molar-refractivity contribution is -0.384. The van der Waals surface area contributed by atoms with E-state index in [4.69, 9.17) is 9.47 Å². The number of anilines is 1. The molecule has 2 aromatic rings. The van der Waals surface area contributed by atoms with Crippen molar-refractivity contribution >= 4 is 17.3 Å². The van der Waals surface area contributed by atoms with E-state index in [0.717, 1.165) is 35.6 Å². The minimum Gasteiger partial charge on any atom is -0.490 e. The minimum atomic E-state index is -0.469. The fourth-order valence-electron chi connectivity index (χ4n) is 3.55. The zero-order chi connectivity index (χ0) is 21.7. The number of non-ortho nitro benzene ring substituents is 1. The van der Waals surface area contributed by atoms with E-state index < -0.39 is 4.92 Å². The van der Waals surface area contributed by atoms with E-state index in [9.17, 15) is 14.9 Å². The molecule has 3 rings (SSSR count). The lowest BCUT2D eigenvalue weighted by Gasteiger charge is -2.29. The van der Waals surface area contributed by atoms with Crippen molar-refractivity contribution in [2.24, 2.45) is 0 Å². The third-order valence-electron chi connectivity index (χ3n) is 5.03. The summed E-state index contributed by atoms with van der Waals surface area (Å²) < 4.78 is 11.4. The van der Waals surface area contributed by atoms with Gasteiger partial charge in [-0.3, -0.25) is 19.8 Å². The Morgan fingerprint density at radius 1 is 1.13 bits per heavy atom. The number of nitrogens with zero attached hydrogens (tertiary/aromatic N) is 2. The Labute approximate surface area is 175 Å². The van der Waals surface area contributed by atoms with Crippen molar-refractivity contribution in [3.63, 3.8) is 0 Å². The van der Waals surface area contributed by atoms with Gasteiger partial charge >= 0.3 is 0 Å². The maximum atomic E-state index is 12.6. The molecule has 160 valence electrons. The molecule has 1 N–H and O–H groups in total. The third kappa shape index (κ3) is 5.07. The van der Waals surface area contributed by atoms with E-state index in [1.165, 1.54) is 17.7 Å². The van der Waals surface area contributed by atoms with Crippen LogP contribution >= 0.6 is 0 Å². The van der Waals surface area contributed by atoms with E-state index in [1.807, 2.05) is 32.9 Å². The normalized spacial score (nSPS) is 13.4. The molecule has 1 heterocycles. The van der Waals surface area contributed by atoms with Crippen molar-refractivity contribution in [2.75, 3.05) is 31.6 Å². The largest absolute Gasteiger partial charge is 0.490 e. The van der Waals surface area contributed by atoms with Crippen LogP contribution in [0.25, 0.3) is 0 Å². The minimum absolute atomic E-state index is 0.0450. The highest BCUT2D eigenvalue weighted by Crippen LogP contribution is 2.34. The molecule has 0 aromatic heterocycles. The van der Waals surface area contributed by atoms with Gasteiger partial charge in [0.05, 0.1) is 30.4 Å². The molecule has 0 fully saturated rings. The lowest BCUT2D eigenvalue weighted by Crippen LogP contribution is -2.37. The Morgan fingerprint density at radius 3 is 2.43 bits per heavy atom. The van der Waals surface area contributed by atoms with Crippen LogP contribution in [0.15, 0.2) is 30.3 Å². The second kappa shape index (κ2) is 9.58. The van der Waals surface area contributed by atoms with Gasteiger partial charge in [0.25, 0.3) is 5.69 Å². The number of nitrogens with one attached hydrogen (secondary N) is 1. The zero-order valence-electron chi connectivity index (χ0n) is 17.6. The van der Waals surface area contributed by atoms with E-state index in [0.29, 0.717) is 25.4 Å². The van der Waals surface area contributed by atoms with Crippen LogP contribution in [-0.2, 0) is 17.8 Å². The SMILES string of the molecule is CCOc1cc2c(cc1OCC)CN(CC(=O)Nc1cc([N+](=O)[O-])ccc1C)CC2. The highest BCUT2D eigenvalue weighted by Gasteiger charge is 2.22. The van der Waals surface area contributed by atoms with Gasteiger partial charge in [0, 0.05) is 25.2 Å². The average Bonchev–Trinajstić information content (AvgIpc) is 2.70. The van der Waals surface area contributed by atoms with Crippen molar-refractivity contribution in [1.29, 1.82) is 0 Å². The summed E-state index contributed by atoms with van der Waals surface area (Å²) in [5.41, 5.74) is 3.52. The van der Waals surface area contributed by atoms with Crippen LogP contribution in [0, 0.1) is 17.0 Å². The highest BCUT2D eigenvalue weighted by atomic mass is 16.6. The predicted octanol–water partition coefficient (Wildman–Crippen LogP) is 3.70. The van der Waals surface area contributed by atoms with Gasteiger partial charge in [0.15, 0.2) is 11.5 Å². The fraction of sp³-hybridized carbons (Fsp3) is 0.409. The molecule has 0 unspecified atom stereocenters. The summed E-state index contributed by atoms with van der Waals surface area (Å²) >= 11 is 0. The van der Waals surface area contributed by atoms with Gasteiger partial charge in [0.2, 0.25) is 5.91 Å². The molecular weight excluding hydrogens is 386 g/mol. The number of hydrogen-bond acceptors (Lipinski definition) is 6. The van der Waals surface area contributed by atoms with E-state index in [2.05, 4.69) is 10.2 Å². The van der Waals surface area contributed by atoms with Crippen LogP contribution in [0.2, 0.25) is 0 Å². The first-order valence-corrected chi connectivity index (χ1v) is 10.1. The molecule has 1 aliphatic heterocycles. The first kappa shape index (κ1) is 21.6. The second-order valence-corrected chi connectivity index (χ2v) is 7.20. The molecule has 8 nitrogen and oxygen atoms in total. The summed E-state index contributed by atoms with van der Waals surface area (Å²) in [6.07, 6.45) is 0.810. The summed E-state index contributed by atoms with van der Waals surface area (Å²) in [6.45, 7) is 8.38. The zero-order valence-corrected chi connectivity index (χ0v) is 17.6. The Morgan fingerprint density at radius 2 is 1.80 bits per heavy atom. The van der Waals surface area contributed by atoms with Gasteiger partial charge < -0.3 is 14.8 Å². The van der Waals surface area contributed by atoms with E-state index >= 15 is 0 Å². The van der Waals surface area contributed by atoms with Gasteiger partial charge in [-0.15, -0.1) is 0 Å². The smallest absolute Gasteiger partial charge is 0.271 e. The number of amides is 1. The first-order valence-electron chi connectivity index (χ1n) is 10.1. The molecule has 1 amide bonds. The van der Waals surface area contributed by atoms with Crippen LogP contribution in [0.4, 0.5) is 11.4 Å². The number of carbonyl (C=O) groups is 1. The molecule has 0 atom stereocenters. The fourth-order valence-corrected chi connectivity index (χ4v) is 3.55. The highest BCUT2D eigenvalue weighted by molar-refractivity contribution is 5.93. The number of hydrogen-bond donors (Lipinski definition) is 1. The Hall–Kier alpha value is -3.13. The molecular formula is C22H27N3O5. The molecule has 0 bridgehead atoms. The first-order chi connectivity index (χ1) is 14.4. The van der Waals surface area contributed by atoms with Gasteiger partial charge in [-0.25, -0.2) is 0 Å². The van der Waals surface area contributed by atoms with Gasteiger partial charge in [-0.2, -0.15) is 0 Å². The molecule has 0 saturated carbocycles. The lowest BCUT2D eigenvalue weighted by atomic mass is 9.98. The Balaban J connectivity index is 1.68. The summed E-state index contributed by atoms with van der Waals surface area (Å²) in [7, 11) is 0. The van der Waals surface area contributed by atoms with E-state index in [1.54, 1.807) is 6.07 Å². The van der Waals surface area contributed by atoms with Crippen LogP contribution in [-0.4, -0.2) is 42.0 Å². The van der Waals surface area contributed by atoms with Crippen LogP contribution < -0.4 is 14.8 Å². The van der Waals surface area contributed by atoms with E-state index in [-0.39, 0.29) is 18.1 Å². The summed E-state index contributed by atoms with van der Waals surface area (Å²) in [6, 6.07) is 8.49. The number of benzene rings is 2. The molecule has 0 aliphatic carbocycles. The monoisotopic (exact) mass is 413 g/mol. The van der Waals surface area contributed by atoms with Crippen molar-refractivity contribution < 1.29 is 19.2 Å². The number of ether oxygens (including phenoxy) is 2. The second-order valence-electron chi connectivity index (χ2n) is 7.20. The molecule has 0 radical (unpaired) electrons.